The Morgan fingerprint density at radius 2 is 2.18 bits per heavy atom. The van der Waals surface area contributed by atoms with Crippen molar-refractivity contribution in [2.75, 3.05) is 6.61 Å². The van der Waals surface area contributed by atoms with Gasteiger partial charge >= 0.3 is 5.97 Å². The number of rotatable bonds is 4. The lowest BCUT2D eigenvalue weighted by molar-refractivity contribution is -0.133. The van der Waals surface area contributed by atoms with E-state index in [0.717, 1.165) is 12.0 Å². The highest BCUT2D eigenvalue weighted by Crippen LogP contribution is 2.30. The normalized spacial score (nSPS) is 13.3. The van der Waals surface area contributed by atoms with E-state index in [2.05, 4.69) is 6.58 Å². The van der Waals surface area contributed by atoms with Gasteiger partial charge in [-0.2, -0.15) is 0 Å². The van der Waals surface area contributed by atoms with Crippen LogP contribution >= 0.6 is 0 Å². The molecular weight excluding hydrogens is 220 g/mol. The largest absolute Gasteiger partial charge is 0.488 e. The molecule has 1 aliphatic carbocycles. The van der Waals surface area contributed by atoms with E-state index in [1.807, 2.05) is 6.07 Å². The second kappa shape index (κ2) is 4.41. The van der Waals surface area contributed by atoms with Gasteiger partial charge in [0, 0.05) is 6.42 Å². The minimum atomic E-state index is -1.09. The van der Waals surface area contributed by atoms with E-state index in [1.165, 1.54) is 0 Å². The van der Waals surface area contributed by atoms with Gasteiger partial charge < -0.3 is 9.84 Å². The number of hydrogen-bond acceptors (Lipinski definition) is 3. The van der Waals surface area contributed by atoms with Crippen LogP contribution < -0.4 is 4.74 Å². The van der Waals surface area contributed by atoms with Crippen LogP contribution in [0.2, 0.25) is 0 Å². The van der Waals surface area contributed by atoms with E-state index >= 15 is 0 Å². The molecule has 1 aromatic rings. The number of hydrogen-bond donors (Lipinski definition) is 1. The Kier molecular flexibility index (Phi) is 2.95. The molecule has 0 fully saturated rings. The molecule has 4 nitrogen and oxygen atoms in total. The van der Waals surface area contributed by atoms with Gasteiger partial charge in [-0.05, 0) is 18.1 Å². The number of benzene rings is 1. The number of ether oxygens (including phenoxy) is 1. The van der Waals surface area contributed by atoms with Crippen LogP contribution in [0.4, 0.5) is 0 Å². The summed E-state index contributed by atoms with van der Waals surface area (Å²) in [6, 6.07) is 5.37. The Hall–Kier alpha value is -2.10. The second-order valence-corrected chi connectivity index (χ2v) is 3.91. The van der Waals surface area contributed by atoms with Gasteiger partial charge in [0.05, 0.1) is 11.1 Å². The van der Waals surface area contributed by atoms with E-state index in [9.17, 15) is 9.59 Å². The van der Waals surface area contributed by atoms with Crippen LogP contribution in [0.25, 0.3) is 0 Å². The quantitative estimate of drug-likeness (QED) is 0.804. The SMILES string of the molecule is C=C(COc1cccc2c1C(=O)CC2)C(=O)O. The molecule has 0 bridgehead atoms. The van der Waals surface area contributed by atoms with Crippen molar-refractivity contribution in [3.05, 3.63) is 41.5 Å². The zero-order valence-corrected chi connectivity index (χ0v) is 9.23. The maximum atomic E-state index is 11.6. The fraction of sp³-hybridized carbons (Fsp3) is 0.231. The highest BCUT2D eigenvalue weighted by Gasteiger charge is 2.23. The predicted molar refractivity (Wildman–Crippen MR) is 61.4 cm³/mol. The number of carbonyl (C=O) groups is 2. The Morgan fingerprint density at radius 3 is 2.88 bits per heavy atom. The summed E-state index contributed by atoms with van der Waals surface area (Å²) in [4.78, 5) is 22.2. The summed E-state index contributed by atoms with van der Waals surface area (Å²) in [6.07, 6.45) is 1.22. The molecule has 0 unspecified atom stereocenters. The first-order valence-electron chi connectivity index (χ1n) is 5.28. The molecule has 2 rings (SSSR count). The average molecular weight is 232 g/mol. The molecule has 0 saturated heterocycles. The van der Waals surface area contributed by atoms with Crippen molar-refractivity contribution in [2.24, 2.45) is 0 Å². The molecule has 1 aliphatic rings. The number of carboxylic acids is 1. The molecule has 0 radical (unpaired) electrons. The standard InChI is InChI=1S/C13H12O4/c1-8(13(15)16)7-17-11-4-2-3-9-5-6-10(14)12(9)11/h2-4H,1,5-7H2,(H,15,16). The van der Waals surface area contributed by atoms with Crippen molar-refractivity contribution >= 4 is 11.8 Å². The molecule has 0 aliphatic heterocycles. The first-order valence-corrected chi connectivity index (χ1v) is 5.28. The van der Waals surface area contributed by atoms with Gasteiger partial charge in [-0.15, -0.1) is 0 Å². The van der Waals surface area contributed by atoms with Crippen LogP contribution in [-0.2, 0) is 11.2 Å². The molecule has 0 amide bonds. The summed E-state index contributed by atoms with van der Waals surface area (Å²) in [5.41, 5.74) is 1.52. The molecule has 0 spiro atoms. The zero-order chi connectivity index (χ0) is 12.4. The molecule has 88 valence electrons. The number of ketones is 1. The fourth-order valence-electron chi connectivity index (χ4n) is 1.82. The third-order valence-corrected chi connectivity index (χ3v) is 2.72. The van der Waals surface area contributed by atoms with E-state index in [1.54, 1.807) is 12.1 Å². The fourth-order valence-corrected chi connectivity index (χ4v) is 1.82. The van der Waals surface area contributed by atoms with E-state index in [-0.39, 0.29) is 18.0 Å². The third-order valence-electron chi connectivity index (χ3n) is 2.72. The Balaban J connectivity index is 2.18. The van der Waals surface area contributed by atoms with E-state index < -0.39 is 5.97 Å². The van der Waals surface area contributed by atoms with Gasteiger partial charge in [0.2, 0.25) is 0 Å². The van der Waals surface area contributed by atoms with Gasteiger partial charge in [-0.3, -0.25) is 4.79 Å². The number of aliphatic carboxylic acids is 1. The second-order valence-electron chi connectivity index (χ2n) is 3.91. The average Bonchev–Trinajstić information content (AvgIpc) is 2.68. The minimum Gasteiger partial charge on any atom is -0.488 e. The van der Waals surface area contributed by atoms with Crippen LogP contribution in [0.1, 0.15) is 22.3 Å². The summed E-state index contributed by atoms with van der Waals surface area (Å²) in [7, 11) is 0. The zero-order valence-electron chi connectivity index (χ0n) is 9.23. The number of carbonyl (C=O) groups excluding carboxylic acids is 1. The number of carboxylic acid groups (broad SMARTS) is 1. The number of Topliss-reactive ketones (excluding diaryl/α,β-unsaturated/α-hetero) is 1. The molecule has 0 saturated carbocycles. The van der Waals surface area contributed by atoms with Gasteiger partial charge in [-0.25, -0.2) is 4.79 Å². The first kappa shape index (κ1) is 11.4. The van der Waals surface area contributed by atoms with E-state index in [4.69, 9.17) is 9.84 Å². The lowest BCUT2D eigenvalue weighted by Crippen LogP contribution is -2.10. The highest BCUT2D eigenvalue weighted by atomic mass is 16.5. The van der Waals surface area contributed by atoms with Crippen LogP contribution in [0, 0.1) is 0 Å². The lowest BCUT2D eigenvalue weighted by Gasteiger charge is -2.09. The van der Waals surface area contributed by atoms with Crippen molar-refractivity contribution in [3.63, 3.8) is 0 Å². The smallest absolute Gasteiger partial charge is 0.334 e. The molecule has 1 N–H and O–H groups in total. The van der Waals surface area contributed by atoms with E-state index in [0.29, 0.717) is 17.7 Å². The third kappa shape index (κ3) is 2.20. The molecule has 4 heteroatoms. The van der Waals surface area contributed by atoms with Gasteiger partial charge in [0.25, 0.3) is 0 Å². The van der Waals surface area contributed by atoms with Crippen LogP contribution in [-0.4, -0.2) is 23.5 Å². The molecular formula is C13H12O4. The summed E-state index contributed by atoms with van der Waals surface area (Å²) in [5.74, 6) is -0.590. The van der Waals surface area contributed by atoms with Gasteiger partial charge in [0.1, 0.15) is 12.4 Å². The molecule has 17 heavy (non-hydrogen) atoms. The first-order chi connectivity index (χ1) is 8.09. The van der Waals surface area contributed by atoms with Crippen molar-refractivity contribution in [1.29, 1.82) is 0 Å². The highest BCUT2D eigenvalue weighted by molar-refractivity contribution is 6.02. The Bertz CT molecular complexity index is 502. The predicted octanol–water partition coefficient (Wildman–Crippen LogP) is 1.84. The lowest BCUT2D eigenvalue weighted by atomic mass is 10.1. The van der Waals surface area contributed by atoms with Crippen LogP contribution in [0.3, 0.4) is 0 Å². The maximum absolute atomic E-state index is 11.6. The maximum Gasteiger partial charge on any atom is 0.334 e. The summed E-state index contributed by atoms with van der Waals surface area (Å²) < 4.78 is 5.34. The summed E-state index contributed by atoms with van der Waals surface area (Å²) in [5, 5.41) is 8.66. The van der Waals surface area contributed by atoms with Crippen LogP contribution in [0.15, 0.2) is 30.4 Å². The van der Waals surface area contributed by atoms with Crippen molar-refractivity contribution in [2.45, 2.75) is 12.8 Å². The van der Waals surface area contributed by atoms with Crippen molar-refractivity contribution in [1.82, 2.24) is 0 Å². The molecule has 0 aromatic heterocycles. The summed E-state index contributed by atoms with van der Waals surface area (Å²) in [6.45, 7) is 3.26. The summed E-state index contributed by atoms with van der Waals surface area (Å²) >= 11 is 0. The van der Waals surface area contributed by atoms with Gasteiger partial charge in [0.15, 0.2) is 5.78 Å². The Morgan fingerprint density at radius 1 is 1.41 bits per heavy atom. The van der Waals surface area contributed by atoms with Gasteiger partial charge in [-0.1, -0.05) is 18.7 Å². The van der Waals surface area contributed by atoms with Crippen molar-refractivity contribution < 1.29 is 19.4 Å². The van der Waals surface area contributed by atoms with Crippen molar-refractivity contribution in [3.8, 4) is 5.75 Å². The molecule has 0 heterocycles. The molecule has 1 aromatic carbocycles. The minimum absolute atomic E-state index is 0.0342. The molecule has 0 atom stereocenters. The monoisotopic (exact) mass is 232 g/mol. The number of fused-ring (bicyclic) bond motifs is 1. The topological polar surface area (TPSA) is 63.6 Å². The van der Waals surface area contributed by atoms with Crippen LogP contribution in [0.5, 0.6) is 5.75 Å². The number of aryl methyl sites for hydroxylation is 1. The Labute approximate surface area is 98.5 Å².